The molecule has 3 aliphatic heterocycles. The van der Waals surface area contributed by atoms with Crippen LogP contribution in [0.1, 0.15) is 56.4 Å². The number of aliphatic imine (C=N–C) groups is 3. The number of fused-ring (bicyclic) bond motifs is 1. The maximum absolute atomic E-state index is 12.8. The summed E-state index contributed by atoms with van der Waals surface area (Å²) in [4.78, 5) is 25.5. The summed E-state index contributed by atoms with van der Waals surface area (Å²) in [6.07, 6.45) is 0.312. The van der Waals surface area contributed by atoms with E-state index in [1.54, 1.807) is 33.6 Å². The number of hydrogen-bond donors (Lipinski definition) is 0. The van der Waals surface area contributed by atoms with Gasteiger partial charge in [0.15, 0.2) is 5.84 Å². The lowest BCUT2D eigenvalue weighted by atomic mass is 9.78. The van der Waals surface area contributed by atoms with E-state index in [1.807, 2.05) is 79.7 Å². The first kappa shape index (κ1) is 42.0. The summed E-state index contributed by atoms with van der Waals surface area (Å²) < 4.78 is 47.4. The van der Waals surface area contributed by atoms with Gasteiger partial charge in [-0.3, -0.25) is 0 Å². The molecule has 300 valence electrons. The Morgan fingerprint density at radius 3 is 2.23 bits per heavy atom. The monoisotopic (exact) mass is 795 g/mol. The summed E-state index contributed by atoms with van der Waals surface area (Å²) in [6, 6.07) is 25.3. The molecule has 1 saturated heterocycles. The van der Waals surface area contributed by atoms with Crippen molar-refractivity contribution in [3.63, 3.8) is 0 Å². The molecule has 13 nitrogen and oxygen atoms in total. The zero-order valence-corrected chi connectivity index (χ0v) is 34.5. The van der Waals surface area contributed by atoms with Gasteiger partial charge in [0.05, 0.1) is 45.6 Å². The smallest absolute Gasteiger partial charge is 0.369 e. The molecule has 3 heterocycles. The summed E-state index contributed by atoms with van der Waals surface area (Å²) >= 11 is 0. The Bertz CT molecular complexity index is 2040. The molecule has 6 atom stereocenters. The Hall–Kier alpha value is -4.64. The minimum atomic E-state index is -1.76. The highest BCUT2D eigenvalue weighted by molar-refractivity contribution is 7.44. The number of urea groups is 1. The lowest BCUT2D eigenvalue weighted by molar-refractivity contribution is -0.0738. The van der Waals surface area contributed by atoms with E-state index in [0.717, 1.165) is 22.3 Å². The molecule has 0 saturated carbocycles. The van der Waals surface area contributed by atoms with Gasteiger partial charge in [0.2, 0.25) is 0 Å². The SMILES string of the molecule is COc1ccc(C(OC[C@H]2OC(C3=NC(=O)N=C4N=CC=C43)[C@H](OC)[C@H]2OP(OCCC#N)N(C(C)C)C(C)C)(c2ccccc2)c2ccc(OC)cc2C)cc1. The molecule has 2 amide bonds. The average molecular weight is 796 g/mol. The lowest BCUT2D eigenvalue weighted by Crippen LogP contribution is -2.44. The second-order valence-electron chi connectivity index (χ2n) is 14.3. The summed E-state index contributed by atoms with van der Waals surface area (Å²) in [5.74, 6) is 1.68. The number of amidine groups is 1. The second kappa shape index (κ2) is 18.7. The lowest BCUT2D eigenvalue weighted by Gasteiger charge is -2.40. The van der Waals surface area contributed by atoms with Crippen LogP contribution in [0.2, 0.25) is 0 Å². The van der Waals surface area contributed by atoms with Gasteiger partial charge in [-0.1, -0.05) is 48.5 Å². The van der Waals surface area contributed by atoms with E-state index in [4.69, 9.17) is 32.7 Å². The van der Waals surface area contributed by atoms with Crippen molar-refractivity contribution in [2.45, 2.75) is 83.1 Å². The van der Waals surface area contributed by atoms with Crippen LogP contribution in [0, 0.1) is 18.3 Å². The number of nitrogens with zero attached hydrogens (tertiary/aromatic N) is 5. The molecule has 3 aromatic rings. The zero-order chi connectivity index (χ0) is 40.7. The number of rotatable bonds is 18. The van der Waals surface area contributed by atoms with Crippen molar-refractivity contribution in [1.29, 1.82) is 5.26 Å². The molecule has 1 fully saturated rings. The number of nitriles is 1. The van der Waals surface area contributed by atoms with Crippen LogP contribution in [0.3, 0.4) is 0 Å². The van der Waals surface area contributed by atoms with Crippen LogP contribution in [0.5, 0.6) is 11.5 Å². The van der Waals surface area contributed by atoms with Gasteiger partial charge in [-0.15, -0.1) is 0 Å². The van der Waals surface area contributed by atoms with Crippen LogP contribution in [0.25, 0.3) is 0 Å². The fourth-order valence-electron chi connectivity index (χ4n) is 7.56. The Kier molecular flexibility index (Phi) is 13.8. The van der Waals surface area contributed by atoms with Crippen LogP contribution >= 0.6 is 8.53 Å². The average Bonchev–Trinajstić information content (AvgIpc) is 3.82. The first-order chi connectivity index (χ1) is 27.6. The minimum Gasteiger partial charge on any atom is -0.497 e. The maximum atomic E-state index is 12.8. The number of ether oxygens (including phenoxy) is 5. The number of carbonyl (C=O) groups is 1. The largest absolute Gasteiger partial charge is 0.497 e. The van der Waals surface area contributed by atoms with E-state index < -0.39 is 44.6 Å². The molecule has 6 rings (SSSR count). The van der Waals surface area contributed by atoms with Crippen LogP contribution in [0.15, 0.2) is 99.4 Å². The molecule has 14 heteroatoms. The van der Waals surface area contributed by atoms with Gasteiger partial charge in [-0.2, -0.15) is 15.2 Å². The van der Waals surface area contributed by atoms with Crippen molar-refractivity contribution >= 4 is 32.3 Å². The first-order valence-corrected chi connectivity index (χ1v) is 20.1. The highest BCUT2D eigenvalue weighted by Crippen LogP contribution is 2.51. The fraction of sp³-hybridized carbons (Fsp3) is 0.419. The third kappa shape index (κ3) is 8.78. The van der Waals surface area contributed by atoms with E-state index in [9.17, 15) is 10.1 Å². The molecule has 0 N–H and O–H groups in total. The summed E-state index contributed by atoms with van der Waals surface area (Å²) in [5.41, 5.74) is 3.31. The molecule has 0 spiro atoms. The number of hydrogen-bond acceptors (Lipinski definition) is 11. The van der Waals surface area contributed by atoms with Crippen molar-refractivity contribution in [2.24, 2.45) is 15.0 Å². The fourth-order valence-corrected chi connectivity index (χ4v) is 9.33. The van der Waals surface area contributed by atoms with Gasteiger partial charge < -0.3 is 32.7 Å². The number of allylic oxidation sites excluding steroid dienone is 1. The standard InChI is InChI=1S/C43H50N5O8P/c1-27(2)48(28(3)4)57(54-24-12-22-44)56-38-36(55-39(40(38)52-8)37-34-21-23-45-41(34)47-42(49)46-37)26-53-43(30-13-10-9-11-14-30,31-15-17-32(50-6)18-16-31)35-20-19-33(51-7)25-29(35)5/h9-11,13-21,23,25,27-28,36,38-40H,12,24,26H2,1-8H3/t36-,38+,39?,40-,43?,57?/m1/s1. The molecule has 3 aliphatic rings. The van der Waals surface area contributed by atoms with Crippen LogP contribution in [-0.4, -0.2) is 99.5 Å². The number of methoxy groups -OCH3 is 3. The Labute approximate surface area is 335 Å². The molecular weight excluding hydrogens is 745 g/mol. The van der Waals surface area contributed by atoms with E-state index in [2.05, 4.69) is 53.4 Å². The van der Waals surface area contributed by atoms with Gasteiger partial charge in [-0.25, -0.2) is 14.5 Å². The predicted octanol–water partition coefficient (Wildman–Crippen LogP) is 7.75. The number of carbonyl (C=O) groups excluding carboxylic acids is 1. The third-order valence-electron chi connectivity index (χ3n) is 10.1. The van der Waals surface area contributed by atoms with E-state index in [-0.39, 0.29) is 37.6 Å². The molecule has 3 aromatic carbocycles. The number of benzene rings is 3. The summed E-state index contributed by atoms with van der Waals surface area (Å²) in [5, 5.41) is 9.41. The van der Waals surface area contributed by atoms with Gasteiger partial charge in [0.1, 0.15) is 41.5 Å². The van der Waals surface area contributed by atoms with Crippen molar-refractivity contribution in [1.82, 2.24) is 4.67 Å². The normalized spacial score (nSPS) is 21.9. The quantitative estimate of drug-likeness (QED) is 0.0712. The Morgan fingerprint density at radius 1 is 0.912 bits per heavy atom. The summed E-state index contributed by atoms with van der Waals surface area (Å²) in [7, 11) is 3.10. The second-order valence-corrected chi connectivity index (χ2v) is 15.7. The van der Waals surface area contributed by atoms with Gasteiger partial charge >= 0.3 is 6.03 Å². The first-order valence-electron chi connectivity index (χ1n) is 18.9. The summed E-state index contributed by atoms with van der Waals surface area (Å²) in [6.45, 7) is 10.5. The molecule has 57 heavy (non-hydrogen) atoms. The third-order valence-corrected chi connectivity index (χ3v) is 12.2. The molecule has 0 bridgehead atoms. The number of aryl methyl sites for hydroxylation is 1. The highest BCUT2D eigenvalue weighted by Gasteiger charge is 2.53. The predicted molar refractivity (Wildman–Crippen MR) is 219 cm³/mol. The molecule has 0 aromatic heterocycles. The van der Waals surface area contributed by atoms with E-state index in [1.165, 1.54) is 0 Å². The van der Waals surface area contributed by atoms with E-state index >= 15 is 0 Å². The van der Waals surface area contributed by atoms with Gasteiger partial charge in [0.25, 0.3) is 8.53 Å². The van der Waals surface area contributed by atoms with Crippen molar-refractivity contribution in [3.05, 3.63) is 107 Å². The highest BCUT2D eigenvalue weighted by atomic mass is 31.2. The van der Waals surface area contributed by atoms with Crippen molar-refractivity contribution in [2.75, 3.05) is 34.5 Å². The maximum Gasteiger partial charge on any atom is 0.369 e. The van der Waals surface area contributed by atoms with Gasteiger partial charge in [0, 0.05) is 31.0 Å². The van der Waals surface area contributed by atoms with E-state index in [0.29, 0.717) is 22.8 Å². The zero-order valence-electron chi connectivity index (χ0n) is 33.6. The molecule has 3 unspecified atom stereocenters. The van der Waals surface area contributed by atoms with Gasteiger partial charge in [-0.05, 0) is 87.2 Å². The van der Waals surface area contributed by atoms with Crippen molar-refractivity contribution in [3.8, 4) is 17.6 Å². The molecule has 0 radical (unpaired) electrons. The molecular formula is C43H50N5O8P. The number of amides is 2. The minimum absolute atomic E-state index is 0.00410. The van der Waals surface area contributed by atoms with Crippen LogP contribution in [0.4, 0.5) is 4.79 Å². The topological polar surface area (TPSA) is 146 Å². The Morgan fingerprint density at radius 2 is 1.60 bits per heavy atom. The Balaban J connectivity index is 1.48. The molecule has 0 aliphatic carbocycles. The van der Waals surface area contributed by atoms with Crippen LogP contribution in [-0.2, 0) is 28.9 Å². The van der Waals surface area contributed by atoms with Crippen LogP contribution < -0.4 is 9.47 Å². The van der Waals surface area contributed by atoms with Crippen molar-refractivity contribution < 1.29 is 37.5 Å².